The SMILES string of the molecule is CCCCCCCCN(C1CC(C)(C)N(C)c2cc(OC)ccc21)S(C)(=O)=O. The molecule has 1 unspecified atom stereocenters. The molecule has 0 saturated carbocycles. The molecule has 0 radical (unpaired) electrons. The van der Waals surface area contributed by atoms with Crippen molar-refractivity contribution in [2.75, 3.05) is 31.9 Å². The lowest BCUT2D eigenvalue weighted by Gasteiger charge is -2.48. The van der Waals surface area contributed by atoms with Gasteiger partial charge < -0.3 is 9.64 Å². The molecule has 2 rings (SSSR count). The minimum absolute atomic E-state index is 0.141. The lowest BCUT2D eigenvalue weighted by atomic mass is 9.83. The number of nitrogens with zero attached hydrogens (tertiary/aromatic N) is 2. The molecule has 0 aromatic heterocycles. The lowest BCUT2D eigenvalue weighted by Crippen LogP contribution is -2.50. The second-order valence-corrected chi connectivity index (χ2v) is 10.6. The number of hydrogen-bond donors (Lipinski definition) is 0. The highest BCUT2D eigenvalue weighted by Crippen LogP contribution is 2.46. The summed E-state index contributed by atoms with van der Waals surface area (Å²) in [5.74, 6) is 0.795. The summed E-state index contributed by atoms with van der Waals surface area (Å²) < 4.78 is 32.6. The van der Waals surface area contributed by atoms with Crippen molar-refractivity contribution in [2.45, 2.75) is 77.3 Å². The molecular weight excluding hydrogens is 372 g/mol. The number of methoxy groups -OCH3 is 1. The Bertz CT molecular complexity index is 746. The third kappa shape index (κ3) is 5.41. The molecule has 28 heavy (non-hydrogen) atoms. The van der Waals surface area contributed by atoms with Crippen molar-refractivity contribution < 1.29 is 13.2 Å². The van der Waals surface area contributed by atoms with Gasteiger partial charge in [0, 0.05) is 30.9 Å². The Morgan fingerprint density at radius 2 is 1.82 bits per heavy atom. The second kappa shape index (κ2) is 9.49. The van der Waals surface area contributed by atoms with Crippen molar-refractivity contribution in [2.24, 2.45) is 0 Å². The second-order valence-electron chi connectivity index (χ2n) is 8.66. The summed E-state index contributed by atoms with van der Waals surface area (Å²) in [5.41, 5.74) is 1.98. The van der Waals surface area contributed by atoms with Crippen molar-refractivity contribution in [3.8, 4) is 5.75 Å². The normalized spacial score (nSPS) is 19.0. The van der Waals surface area contributed by atoms with Gasteiger partial charge >= 0.3 is 0 Å². The molecule has 0 spiro atoms. The standard InChI is InChI=1S/C22H38N2O3S/c1-7-8-9-10-11-12-15-24(28(6,25)26)21-17-22(2,3)23(4)20-16-18(27-5)13-14-19(20)21/h13-14,16,21H,7-12,15,17H2,1-6H3. The third-order valence-corrected chi connectivity index (χ3v) is 7.35. The van der Waals surface area contributed by atoms with Crippen molar-refractivity contribution in [1.82, 2.24) is 4.31 Å². The van der Waals surface area contributed by atoms with Crippen LogP contribution < -0.4 is 9.64 Å². The van der Waals surface area contributed by atoms with Gasteiger partial charge in [-0.15, -0.1) is 0 Å². The molecule has 6 heteroatoms. The Morgan fingerprint density at radius 1 is 1.18 bits per heavy atom. The average Bonchev–Trinajstić information content (AvgIpc) is 2.63. The zero-order chi connectivity index (χ0) is 20.9. The van der Waals surface area contributed by atoms with Crippen LogP contribution in [0.5, 0.6) is 5.75 Å². The van der Waals surface area contributed by atoms with Crippen molar-refractivity contribution in [1.29, 1.82) is 0 Å². The molecular formula is C22H38N2O3S. The zero-order valence-electron chi connectivity index (χ0n) is 18.5. The highest BCUT2D eigenvalue weighted by molar-refractivity contribution is 7.88. The van der Waals surface area contributed by atoms with E-state index in [-0.39, 0.29) is 11.6 Å². The van der Waals surface area contributed by atoms with Crippen molar-refractivity contribution >= 4 is 15.7 Å². The van der Waals surface area contributed by atoms with E-state index in [4.69, 9.17) is 4.74 Å². The Morgan fingerprint density at radius 3 is 2.43 bits per heavy atom. The van der Waals surface area contributed by atoms with Crippen LogP contribution in [0.25, 0.3) is 0 Å². The summed E-state index contributed by atoms with van der Waals surface area (Å²) in [6.45, 7) is 7.14. The first kappa shape index (κ1) is 23.0. The third-order valence-electron chi connectivity index (χ3n) is 6.06. The number of rotatable bonds is 10. The molecule has 1 aromatic rings. The van der Waals surface area contributed by atoms with Gasteiger partial charge in [-0.25, -0.2) is 8.42 Å². The van der Waals surface area contributed by atoms with Gasteiger partial charge in [-0.2, -0.15) is 4.31 Å². The predicted octanol–water partition coefficient (Wildman–Crippen LogP) is 4.98. The maximum atomic E-state index is 12.7. The van der Waals surface area contributed by atoms with Gasteiger partial charge in [0.1, 0.15) is 5.75 Å². The number of unbranched alkanes of at least 4 members (excludes halogenated alkanes) is 5. The van der Waals surface area contributed by atoms with E-state index in [0.717, 1.165) is 36.3 Å². The molecule has 1 heterocycles. The van der Waals surface area contributed by atoms with Crippen LogP contribution in [0, 0.1) is 0 Å². The molecule has 1 atom stereocenters. The number of fused-ring (bicyclic) bond motifs is 1. The molecule has 0 amide bonds. The quantitative estimate of drug-likeness (QED) is 0.511. The maximum Gasteiger partial charge on any atom is 0.211 e. The van der Waals surface area contributed by atoms with E-state index in [1.165, 1.54) is 31.9 Å². The molecule has 160 valence electrons. The lowest BCUT2D eigenvalue weighted by molar-refractivity contribution is 0.247. The van der Waals surface area contributed by atoms with E-state index in [9.17, 15) is 8.42 Å². The fraction of sp³-hybridized carbons (Fsp3) is 0.727. The summed E-state index contributed by atoms with van der Waals surface area (Å²) in [7, 11) is 0.433. The Labute approximate surface area is 172 Å². The number of benzene rings is 1. The summed E-state index contributed by atoms with van der Waals surface area (Å²) in [4.78, 5) is 2.24. The molecule has 0 N–H and O–H groups in total. The van der Waals surface area contributed by atoms with Crippen LogP contribution in [-0.4, -0.2) is 45.2 Å². The van der Waals surface area contributed by atoms with E-state index in [2.05, 4.69) is 32.7 Å². The van der Waals surface area contributed by atoms with E-state index in [1.54, 1.807) is 11.4 Å². The van der Waals surface area contributed by atoms with Gasteiger partial charge in [0.2, 0.25) is 10.0 Å². The molecule has 0 aliphatic carbocycles. The molecule has 1 aromatic carbocycles. The van der Waals surface area contributed by atoms with Crippen LogP contribution in [0.2, 0.25) is 0 Å². The highest BCUT2D eigenvalue weighted by atomic mass is 32.2. The van der Waals surface area contributed by atoms with Gasteiger partial charge in [0.15, 0.2) is 0 Å². The van der Waals surface area contributed by atoms with Gasteiger partial charge in [-0.05, 0) is 38.3 Å². The number of hydrogen-bond acceptors (Lipinski definition) is 4. The van der Waals surface area contributed by atoms with Crippen molar-refractivity contribution in [3.05, 3.63) is 23.8 Å². The number of ether oxygens (including phenoxy) is 1. The van der Waals surface area contributed by atoms with Gasteiger partial charge in [-0.1, -0.05) is 45.1 Å². The van der Waals surface area contributed by atoms with Crippen LogP contribution in [0.1, 0.15) is 77.3 Å². The van der Waals surface area contributed by atoms with Crippen LogP contribution in [0.15, 0.2) is 18.2 Å². The van der Waals surface area contributed by atoms with Gasteiger partial charge in [-0.3, -0.25) is 0 Å². The first-order chi connectivity index (χ1) is 13.1. The Kier molecular flexibility index (Phi) is 7.80. The van der Waals surface area contributed by atoms with Crippen LogP contribution in [0.4, 0.5) is 5.69 Å². The fourth-order valence-electron chi connectivity index (χ4n) is 4.13. The molecule has 1 aliphatic rings. The average molecular weight is 411 g/mol. The van der Waals surface area contributed by atoms with E-state index < -0.39 is 10.0 Å². The fourth-order valence-corrected chi connectivity index (χ4v) is 5.24. The number of sulfonamides is 1. The molecule has 1 aliphatic heterocycles. The van der Waals surface area contributed by atoms with Crippen LogP contribution >= 0.6 is 0 Å². The predicted molar refractivity (Wildman–Crippen MR) is 118 cm³/mol. The summed E-state index contributed by atoms with van der Waals surface area (Å²) in [5, 5.41) is 0. The monoisotopic (exact) mass is 410 g/mol. The smallest absolute Gasteiger partial charge is 0.211 e. The summed E-state index contributed by atoms with van der Waals surface area (Å²) >= 11 is 0. The topological polar surface area (TPSA) is 49.9 Å². The highest BCUT2D eigenvalue weighted by Gasteiger charge is 2.41. The van der Waals surface area contributed by atoms with Gasteiger partial charge in [0.25, 0.3) is 0 Å². The molecule has 0 fully saturated rings. The van der Waals surface area contributed by atoms with E-state index in [0.29, 0.717) is 6.54 Å². The zero-order valence-corrected chi connectivity index (χ0v) is 19.3. The first-order valence-electron chi connectivity index (χ1n) is 10.5. The molecule has 0 saturated heterocycles. The van der Waals surface area contributed by atoms with E-state index in [1.807, 2.05) is 18.2 Å². The summed E-state index contributed by atoms with van der Waals surface area (Å²) in [6, 6.07) is 5.85. The minimum atomic E-state index is -3.30. The Hall–Kier alpha value is -1.27. The molecule has 5 nitrogen and oxygen atoms in total. The minimum Gasteiger partial charge on any atom is -0.497 e. The van der Waals surface area contributed by atoms with Gasteiger partial charge in [0.05, 0.1) is 19.4 Å². The first-order valence-corrected chi connectivity index (χ1v) is 12.3. The van der Waals surface area contributed by atoms with Crippen molar-refractivity contribution in [3.63, 3.8) is 0 Å². The Balaban J connectivity index is 2.29. The largest absolute Gasteiger partial charge is 0.497 e. The van der Waals surface area contributed by atoms with Crippen LogP contribution in [-0.2, 0) is 10.0 Å². The van der Waals surface area contributed by atoms with E-state index >= 15 is 0 Å². The molecule has 0 bridgehead atoms. The maximum absolute atomic E-state index is 12.7. The summed E-state index contributed by atoms with van der Waals surface area (Å²) in [6.07, 6.45) is 9.00. The number of anilines is 1. The van der Waals surface area contributed by atoms with Crippen LogP contribution in [0.3, 0.4) is 0 Å².